The Labute approximate surface area is 101 Å². The Morgan fingerprint density at radius 3 is 2.81 bits per heavy atom. The second kappa shape index (κ2) is 4.21. The minimum atomic E-state index is -0.00569. The maximum Gasteiger partial charge on any atom is 0.253 e. The first-order valence-corrected chi connectivity index (χ1v) is 5.57. The normalized spacial score (nSPS) is 10.7. The van der Waals surface area contributed by atoms with Crippen molar-refractivity contribution >= 4 is 15.9 Å². The lowest BCUT2D eigenvalue weighted by Crippen LogP contribution is -2.22. The van der Waals surface area contributed by atoms with Gasteiger partial charge in [-0.05, 0) is 28.9 Å². The molecule has 2 rings (SSSR count). The van der Waals surface area contributed by atoms with E-state index >= 15 is 0 Å². The smallest absolute Gasteiger partial charge is 0.253 e. The highest BCUT2D eigenvalue weighted by Gasteiger charge is 2.05. The monoisotopic (exact) mass is 282 g/mol. The highest BCUT2D eigenvalue weighted by molar-refractivity contribution is 9.10. The summed E-state index contributed by atoms with van der Waals surface area (Å²) in [7, 11) is 1.80. The van der Waals surface area contributed by atoms with Gasteiger partial charge in [-0.2, -0.15) is 0 Å². The first-order chi connectivity index (χ1) is 7.56. The molecule has 0 unspecified atom stereocenters. The van der Waals surface area contributed by atoms with Crippen molar-refractivity contribution in [3.63, 3.8) is 0 Å². The third kappa shape index (κ3) is 2.21. The number of halogens is 1. The lowest BCUT2D eigenvalue weighted by Gasteiger charge is -2.05. The molecular formula is C10H11BrN4O. The van der Waals surface area contributed by atoms with Crippen LogP contribution in [0.5, 0.6) is 0 Å². The van der Waals surface area contributed by atoms with Gasteiger partial charge in [-0.3, -0.25) is 9.48 Å². The molecule has 2 aromatic heterocycles. The Kier molecular flexibility index (Phi) is 2.91. The first kappa shape index (κ1) is 11.1. The average molecular weight is 283 g/mol. The SMILES string of the molecule is Cc1cc(Br)cn(Cc2cn(C)nn2)c1=O. The molecule has 0 aromatic carbocycles. The molecule has 0 aliphatic heterocycles. The summed E-state index contributed by atoms with van der Waals surface area (Å²) in [4.78, 5) is 11.8. The van der Waals surface area contributed by atoms with E-state index in [0.29, 0.717) is 12.1 Å². The Morgan fingerprint density at radius 2 is 2.19 bits per heavy atom. The van der Waals surface area contributed by atoms with Gasteiger partial charge in [0.25, 0.3) is 5.56 Å². The summed E-state index contributed by atoms with van der Waals surface area (Å²) in [5.41, 5.74) is 1.47. The molecule has 0 fully saturated rings. The maximum absolute atomic E-state index is 11.8. The molecule has 2 heterocycles. The van der Waals surface area contributed by atoms with Gasteiger partial charge < -0.3 is 4.57 Å². The molecule has 2 aromatic rings. The van der Waals surface area contributed by atoms with Crippen molar-refractivity contribution in [1.82, 2.24) is 19.6 Å². The highest BCUT2D eigenvalue weighted by atomic mass is 79.9. The minimum absolute atomic E-state index is 0.00569. The fraction of sp³-hybridized carbons (Fsp3) is 0.300. The van der Waals surface area contributed by atoms with E-state index in [1.807, 2.05) is 0 Å². The van der Waals surface area contributed by atoms with Crippen LogP contribution in [0.15, 0.2) is 27.7 Å². The molecule has 0 saturated heterocycles. The summed E-state index contributed by atoms with van der Waals surface area (Å²) in [6.45, 7) is 2.23. The molecule has 84 valence electrons. The highest BCUT2D eigenvalue weighted by Crippen LogP contribution is 2.08. The molecule has 0 radical (unpaired) electrons. The van der Waals surface area contributed by atoms with Crippen LogP contribution in [-0.2, 0) is 13.6 Å². The molecular weight excluding hydrogens is 272 g/mol. The number of aryl methyl sites for hydroxylation is 2. The molecule has 0 amide bonds. The van der Waals surface area contributed by atoms with E-state index in [2.05, 4.69) is 26.2 Å². The zero-order valence-corrected chi connectivity index (χ0v) is 10.6. The number of rotatable bonds is 2. The first-order valence-electron chi connectivity index (χ1n) is 4.78. The molecule has 0 saturated carbocycles. The molecule has 0 aliphatic carbocycles. The fourth-order valence-corrected chi connectivity index (χ4v) is 2.09. The van der Waals surface area contributed by atoms with Crippen LogP contribution in [0.4, 0.5) is 0 Å². The fourth-order valence-electron chi connectivity index (χ4n) is 1.50. The summed E-state index contributed by atoms with van der Waals surface area (Å²) < 4.78 is 4.11. The predicted octanol–water partition coefficient (Wildman–Crippen LogP) is 1.10. The van der Waals surface area contributed by atoms with Crippen LogP contribution in [0.2, 0.25) is 0 Å². The molecule has 0 atom stereocenters. The van der Waals surface area contributed by atoms with Crippen LogP contribution in [0.25, 0.3) is 0 Å². The molecule has 6 heteroatoms. The summed E-state index contributed by atoms with van der Waals surface area (Å²) in [6.07, 6.45) is 3.55. The van der Waals surface area contributed by atoms with Crippen molar-refractivity contribution in [2.45, 2.75) is 13.5 Å². The topological polar surface area (TPSA) is 52.7 Å². The van der Waals surface area contributed by atoms with Crippen molar-refractivity contribution in [2.24, 2.45) is 7.05 Å². The third-order valence-corrected chi connectivity index (χ3v) is 2.65. The van der Waals surface area contributed by atoms with Crippen LogP contribution in [0, 0.1) is 6.92 Å². The third-order valence-electron chi connectivity index (χ3n) is 2.21. The van der Waals surface area contributed by atoms with Gasteiger partial charge in [0.1, 0.15) is 5.69 Å². The number of aromatic nitrogens is 4. The van der Waals surface area contributed by atoms with E-state index in [9.17, 15) is 4.79 Å². The van der Waals surface area contributed by atoms with E-state index in [0.717, 1.165) is 10.2 Å². The van der Waals surface area contributed by atoms with Gasteiger partial charge in [0.15, 0.2) is 0 Å². The van der Waals surface area contributed by atoms with Crippen molar-refractivity contribution in [3.8, 4) is 0 Å². The second-order valence-electron chi connectivity index (χ2n) is 3.66. The predicted molar refractivity (Wildman–Crippen MR) is 63.2 cm³/mol. The van der Waals surface area contributed by atoms with Crippen molar-refractivity contribution in [1.29, 1.82) is 0 Å². The Morgan fingerprint density at radius 1 is 1.44 bits per heavy atom. The Balaban J connectivity index is 2.38. The summed E-state index contributed by atoms with van der Waals surface area (Å²) >= 11 is 3.36. The zero-order valence-electron chi connectivity index (χ0n) is 9.01. The van der Waals surface area contributed by atoms with Crippen LogP contribution in [-0.4, -0.2) is 19.6 Å². The Hall–Kier alpha value is -1.43. The van der Waals surface area contributed by atoms with Gasteiger partial charge in [-0.1, -0.05) is 5.21 Å². The largest absolute Gasteiger partial charge is 0.308 e. The van der Waals surface area contributed by atoms with Crippen LogP contribution in [0.3, 0.4) is 0 Å². The average Bonchev–Trinajstić information content (AvgIpc) is 2.60. The van der Waals surface area contributed by atoms with Crippen molar-refractivity contribution in [3.05, 3.63) is 44.5 Å². The lowest BCUT2D eigenvalue weighted by atomic mass is 10.3. The lowest BCUT2D eigenvalue weighted by molar-refractivity contribution is 0.703. The molecule has 0 aliphatic rings. The minimum Gasteiger partial charge on any atom is -0.308 e. The number of hydrogen-bond donors (Lipinski definition) is 0. The van der Waals surface area contributed by atoms with E-state index in [1.165, 1.54) is 0 Å². The standard InChI is InChI=1S/C10H11BrN4O/c1-7-3-8(11)4-15(10(7)16)6-9-5-14(2)13-12-9/h3-5H,6H2,1-2H3. The summed E-state index contributed by atoms with van der Waals surface area (Å²) in [5.74, 6) is 0. The number of hydrogen-bond acceptors (Lipinski definition) is 3. The van der Waals surface area contributed by atoms with E-state index in [-0.39, 0.29) is 5.56 Å². The number of nitrogens with zero attached hydrogens (tertiary/aromatic N) is 4. The van der Waals surface area contributed by atoms with Gasteiger partial charge in [0.2, 0.25) is 0 Å². The van der Waals surface area contributed by atoms with Gasteiger partial charge in [-0.15, -0.1) is 5.10 Å². The molecule has 0 N–H and O–H groups in total. The Bertz CT molecular complexity index is 572. The van der Waals surface area contributed by atoms with Gasteiger partial charge >= 0.3 is 0 Å². The molecule has 0 spiro atoms. The second-order valence-corrected chi connectivity index (χ2v) is 4.57. The molecule has 5 nitrogen and oxygen atoms in total. The van der Waals surface area contributed by atoms with Crippen LogP contribution < -0.4 is 5.56 Å². The van der Waals surface area contributed by atoms with Crippen molar-refractivity contribution in [2.75, 3.05) is 0 Å². The van der Waals surface area contributed by atoms with Gasteiger partial charge in [0, 0.05) is 29.5 Å². The van der Waals surface area contributed by atoms with Gasteiger partial charge in [-0.25, -0.2) is 0 Å². The van der Waals surface area contributed by atoms with Crippen LogP contribution >= 0.6 is 15.9 Å². The molecule has 0 bridgehead atoms. The molecule has 16 heavy (non-hydrogen) atoms. The van der Waals surface area contributed by atoms with E-state index in [4.69, 9.17) is 0 Å². The maximum atomic E-state index is 11.8. The number of pyridine rings is 1. The summed E-state index contributed by atoms with van der Waals surface area (Å²) in [5, 5.41) is 7.78. The summed E-state index contributed by atoms with van der Waals surface area (Å²) in [6, 6.07) is 1.80. The quantitative estimate of drug-likeness (QED) is 0.829. The van der Waals surface area contributed by atoms with E-state index < -0.39 is 0 Å². The van der Waals surface area contributed by atoms with Gasteiger partial charge in [0.05, 0.1) is 6.54 Å². The van der Waals surface area contributed by atoms with Crippen molar-refractivity contribution < 1.29 is 0 Å². The zero-order chi connectivity index (χ0) is 11.7. The van der Waals surface area contributed by atoms with Crippen LogP contribution in [0.1, 0.15) is 11.3 Å². The van der Waals surface area contributed by atoms with E-state index in [1.54, 1.807) is 41.7 Å².